The molecule has 0 unspecified atom stereocenters. The van der Waals surface area contributed by atoms with E-state index in [1.165, 1.54) is 4.90 Å². The van der Waals surface area contributed by atoms with Gasteiger partial charge in [0.05, 0.1) is 17.8 Å². The lowest BCUT2D eigenvalue weighted by atomic mass is 9.74. The highest BCUT2D eigenvalue weighted by Gasteiger charge is 2.51. The average molecular weight is 546 g/mol. The molecule has 2 amide bonds. The molecule has 0 N–H and O–H groups in total. The molecule has 3 aliphatic rings. The highest BCUT2D eigenvalue weighted by molar-refractivity contribution is 5.96. The number of aromatic nitrogens is 1. The van der Waals surface area contributed by atoms with Gasteiger partial charge in [-0.05, 0) is 51.7 Å². The number of rotatable bonds is 7. The van der Waals surface area contributed by atoms with Gasteiger partial charge in [-0.2, -0.15) is 5.26 Å². The van der Waals surface area contributed by atoms with Crippen molar-refractivity contribution in [3.8, 4) is 6.07 Å². The van der Waals surface area contributed by atoms with Crippen LogP contribution in [0.4, 0.5) is 13.6 Å². The molecule has 1 spiro atoms. The van der Waals surface area contributed by atoms with Gasteiger partial charge in [0.15, 0.2) is 0 Å². The number of aryl methyl sites for hydroxylation is 2. The number of alkyl halides is 2. The lowest BCUT2D eigenvalue weighted by Gasteiger charge is -2.55. The predicted octanol–water partition coefficient (Wildman–Crippen LogP) is 4.92. The summed E-state index contributed by atoms with van der Waals surface area (Å²) in [7, 11) is 0. The molecule has 3 fully saturated rings. The fourth-order valence-electron chi connectivity index (χ4n) is 6.76. The minimum atomic E-state index is -2.57. The topological polar surface area (TPSA) is 89.8 Å². The summed E-state index contributed by atoms with van der Waals surface area (Å²) in [6.45, 7) is 10.5. The van der Waals surface area contributed by atoms with E-state index < -0.39 is 24.7 Å². The van der Waals surface area contributed by atoms with Crippen molar-refractivity contribution in [1.82, 2.24) is 19.7 Å². The van der Waals surface area contributed by atoms with Crippen LogP contribution >= 0.6 is 0 Å². The molecule has 0 saturated carbocycles. The van der Waals surface area contributed by atoms with E-state index in [4.69, 9.17) is 10.00 Å². The molecule has 39 heavy (non-hydrogen) atoms. The van der Waals surface area contributed by atoms with Crippen molar-refractivity contribution in [2.45, 2.75) is 90.2 Å². The zero-order valence-electron chi connectivity index (χ0n) is 23.6. The zero-order valence-corrected chi connectivity index (χ0v) is 23.6. The average Bonchev–Trinajstić information content (AvgIpc) is 2.89. The molecule has 214 valence electrons. The summed E-state index contributed by atoms with van der Waals surface area (Å²) in [6, 6.07) is 3.71. The van der Waals surface area contributed by atoms with Crippen molar-refractivity contribution >= 4 is 12.0 Å². The normalized spacial score (nSPS) is 23.1. The quantitative estimate of drug-likeness (QED) is 0.483. The third-order valence-corrected chi connectivity index (χ3v) is 9.23. The number of nitrogens with zero attached hydrogens (tertiary/aromatic N) is 5. The Balaban J connectivity index is 1.39. The van der Waals surface area contributed by atoms with Gasteiger partial charge in [-0.1, -0.05) is 19.8 Å². The molecule has 10 heteroatoms. The first-order valence-electron chi connectivity index (χ1n) is 14.2. The smallest absolute Gasteiger partial charge is 0.410 e. The second-order valence-electron chi connectivity index (χ2n) is 11.7. The van der Waals surface area contributed by atoms with Gasteiger partial charge in [0, 0.05) is 57.0 Å². The van der Waals surface area contributed by atoms with Crippen molar-refractivity contribution in [3.05, 3.63) is 28.6 Å². The van der Waals surface area contributed by atoms with Crippen molar-refractivity contribution in [3.63, 3.8) is 0 Å². The second-order valence-corrected chi connectivity index (χ2v) is 11.7. The van der Waals surface area contributed by atoms with E-state index in [0.717, 1.165) is 50.8 Å². The largest absolute Gasteiger partial charge is 0.442 e. The molecule has 0 aliphatic carbocycles. The minimum absolute atomic E-state index is 0.0390. The standard InChI is InChI=1S/C29H41F2N5O3/c1-5-6-7-22-18-35(19-24(30)31)27(38)39-29(22)10-14-36(15-11-29)28(4)8-12-34(13-9-28)26(37)25-20(2)16-23(17-32)33-21(25)3/h16,22,24H,5-15,18-19H2,1-4H3/t22-/m0/s1. The molecule has 3 saturated heterocycles. The van der Waals surface area contributed by atoms with Crippen LogP contribution in [0, 0.1) is 31.1 Å². The SMILES string of the molecule is CCCC[C@H]1CN(CC(F)F)C(=O)OC12CCN(C1(C)CCN(C(=O)c3c(C)cc(C#N)nc3C)CC1)CC2. The van der Waals surface area contributed by atoms with E-state index >= 15 is 0 Å². The summed E-state index contributed by atoms with van der Waals surface area (Å²) in [4.78, 5) is 35.8. The van der Waals surface area contributed by atoms with Crippen LogP contribution in [0.3, 0.4) is 0 Å². The molecule has 1 atom stereocenters. The maximum absolute atomic E-state index is 13.4. The van der Waals surface area contributed by atoms with Gasteiger partial charge in [0.1, 0.15) is 17.4 Å². The van der Waals surface area contributed by atoms with Crippen LogP contribution in [0.5, 0.6) is 0 Å². The van der Waals surface area contributed by atoms with Gasteiger partial charge in [-0.3, -0.25) is 9.69 Å². The number of likely N-dealkylation sites (tertiary alicyclic amines) is 2. The number of carbonyl (C=O) groups is 2. The number of pyridine rings is 1. The number of amides is 2. The van der Waals surface area contributed by atoms with Crippen molar-refractivity contribution in [2.75, 3.05) is 39.3 Å². The van der Waals surface area contributed by atoms with Crippen molar-refractivity contribution < 1.29 is 23.1 Å². The number of piperidine rings is 2. The Kier molecular flexibility index (Phi) is 8.79. The van der Waals surface area contributed by atoms with E-state index in [9.17, 15) is 18.4 Å². The second kappa shape index (κ2) is 11.7. The van der Waals surface area contributed by atoms with E-state index in [-0.39, 0.29) is 17.4 Å². The summed E-state index contributed by atoms with van der Waals surface area (Å²) in [5.74, 6) is 0.0127. The minimum Gasteiger partial charge on any atom is -0.442 e. The van der Waals surface area contributed by atoms with Crippen molar-refractivity contribution in [2.24, 2.45) is 5.92 Å². The molecule has 0 radical (unpaired) electrons. The van der Waals surface area contributed by atoms with E-state index in [2.05, 4.69) is 23.7 Å². The Morgan fingerprint density at radius 2 is 1.87 bits per heavy atom. The maximum atomic E-state index is 13.4. The number of unbranched alkanes of at least 4 members (excludes halogenated alkanes) is 1. The van der Waals surface area contributed by atoms with E-state index in [1.54, 1.807) is 13.0 Å². The fraction of sp³-hybridized carbons (Fsp3) is 0.724. The number of carbonyl (C=O) groups excluding carboxylic acids is 2. The van der Waals surface area contributed by atoms with Crippen LogP contribution in [0.1, 0.15) is 86.1 Å². The highest BCUT2D eigenvalue weighted by Crippen LogP contribution is 2.43. The molecule has 4 rings (SSSR count). The summed E-state index contributed by atoms with van der Waals surface area (Å²) in [5.41, 5.74) is 1.58. The maximum Gasteiger partial charge on any atom is 0.410 e. The summed E-state index contributed by atoms with van der Waals surface area (Å²) < 4.78 is 32.1. The molecule has 0 aromatic carbocycles. The Morgan fingerprint density at radius 3 is 2.44 bits per heavy atom. The van der Waals surface area contributed by atoms with Crippen LogP contribution < -0.4 is 0 Å². The fourth-order valence-corrected chi connectivity index (χ4v) is 6.76. The summed E-state index contributed by atoms with van der Waals surface area (Å²) in [5, 5.41) is 9.17. The van der Waals surface area contributed by atoms with Gasteiger partial charge < -0.3 is 14.5 Å². The van der Waals surface area contributed by atoms with E-state index in [0.29, 0.717) is 49.4 Å². The van der Waals surface area contributed by atoms with Crippen molar-refractivity contribution in [1.29, 1.82) is 5.26 Å². The van der Waals surface area contributed by atoms with Crippen LogP contribution in [0.25, 0.3) is 0 Å². The molecule has 1 aromatic heterocycles. The van der Waals surface area contributed by atoms with E-state index in [1.807, 2.05) is 17.9 Å². The molecule has 0 bridgehead atoms. The van der Waals surface area contributed by atoms with Gasteiger partial charge >= 0.3 is 6.09 Å². The summed E-state index contributed by atoms with van der Waals surface area (Å²) >= 11 is 0. The third-order valence-electron chi connectivity index (χ3n) is 9.23. The number of halogens is 2. The Morgan fingerprint density at radius 1 is 1.21 bits per heavy atom. The molecule has 3 aliphatic heterocycles. The monoisotopic (exact) mass is 545 g/mol. The van der Waals surface area contributed by atoms with Gasteiger partial charge in [0.25, 0.3) is 12.3 Å². The first-order chi connectivity index (χ1) is 18.5. The lowest BCUT2D eigenvalue weighted by Crippen LogP contribution is -2.63. The highest BCUT2D eigenvalue weighted by atomic mass is 19.3. The first kappa shape index (κ1) is 29.2. The molecular weight excluding hydrogens is 504 g/mol. The third kappa shape index (κ3) is 6.03. The Hall–Kier alpha value is -2.80. The number of hydrogen-bond donors (Lipinski definition) is 0. The first-order valence-corrected chi connectivity index (χ1v) is 14.2. The Bertz CT molecular complexity index is 1080. The number of hydrogen-bond acceptors (Lipinski definition) is 6. The lowest BCUT2D eigenvalue weighted by molar-refractivity contribution is -0.136. The van der Waals surface area contributed by atoms with Gasteiger partial charge in [0.2, 0.25) is 0 Å². The molecule has 1 aromatic rings. The molecule has 8 nitrogen and oxygen atoms in total. The number of nitriles is 1. The Labute approximate surface area is 230 Å². The molecular formula is C29H41F2N5O3. The van der Waals surface area contributed by atoms with Crippen LogP contribution in [0.15, 0.2) is 6.07 Å². The van der Waals surface area contributed by atoms with Crippen LogP contribution in [0.2, 0.25) is 0 Å². The van der Waals surface area contributed by atoms with Gasteiger partial charge in [-0.25, -0.2) is 18.6 Å². The zero-order chi connectivity index (χ0) is 28.4. The molecule has 4 heterocycles. The van der Waals surface area contributed by atoms with Crippen LogP contribution in [-0.4, -0.2) is 88.5 Å². The van der Waals surface area contributed by atoms with Crippen LogP contribution in [-0.2, 0) is 4.74 Å². The van der Waals surface area contributed by atoms with Gasteiger partial charge in [-0.15, -0.1) is 0 Å². The number of ether oxygens (including phenoxy) is 1. The summed E-state index contributed by atoms with van der Waals surface area (Å²) in [6.07, 6.45) is 2.71. The predicted molar refractivity (Wildman–Crippen MR) is 143 cm³/mol.